The number of hydrogen-bond acceptors (Lipinski definition) is 9. The van der Waals surface area contributed by atoms with Crippen LogP contribution in [0, 0.1) is 5.92 Å². The average molecular weight is 832 g/mol. The molecule has 12 nitrogen and oxygen atoms in total. The number of piperidine rings is 1. The van der Waals surface area contributed by atoms with E-state index in [1.807, 2.05) is 84.9 Å². The molecule has 2 unspecified atom stereocenters. The van der Waals surface area contributed by atoms with Crippen LogP contribution in [-0.4, -0.2) is 83.5 Å². The molecule has 1 saturated heterocycles. The van der Waals surface area contributed by atoms with Crippen LogP contribution in [0.4, 0.5) is 4.79 Å². The van der Waals surface area contributed by atoms with Gasteiger partial charge in [0.25, 0.3) is 0 Å². The first-order valence-electron chi connectivity index (χ1n) is 20.2. The van der Waals surface area contributed by atoms with Crippen molar-refractivity contribution in [3.8, 4) is 34.1 Å². The molecule has 0 saturated carbocycles. The lowest BCUT2D eigenvalue weighted by Crippen LogP contribution is -2.56. The van der Waals surface area contributed by atoms with Gasteiger partial charge in [0.2, 0.25) is 15.9 Å². The molecule has 0 radical (unpaired) electrons. The summed E-state index contributed by atoms with van der Waals surface area (Å²) in [6, 6.07) is 34.7. The maximum atomic E-state index is 14.5. The molecule has 3 aliphatic rings. The van der Waals surface area contributed by atoms with Crippen molar-refractivity contribution in [1.29, 1.82) is 0 Å². The van der Waals surface area contributed by atoms with Gasteiger partial charge in [-0.15, -0.1) is 0 Å². The van der Waals surface area contributed by atoms with Gasteiger partial charge in [-0.1, -0.05) is 84.9 Å². The van der Waals surface area contributed by atoms with Crippen molar-refractivity contribution in [2.75, 3.05) is 47.1 Å². The number of rotatable bonds is 14. The number of fused-ring (bicyclic) bond motifs is 5. The zero-order valence-electron chi connectivity index (χ0n) is 33.6. The molecular formula is C47H49N3O9S. The van der Waals surface area contributed by atoms with Crippen LogP contribution in [0.2, 0.25) is 0 Å². The molecule has 312 valence electrons. The number of phenolic OH excluding ortho intramolecular Hbond substituents is 1. The number of para-hydroxylation sites is 2. The number of benzene rings is 5. The lowest BCUT2D eigenvalue weighted by atomic mass is 9.69. The summed E-state index contributed by atoms with van der Waals surface area (Å²) in [6.45, 7) is 0.892. The fourth-order valence-electron chi connectivity index (χ4n) is 9.09. The van der Waals surface area contributed by atoms with E-state index in [4.69, 9.17) is 18.9 Å². The number of nitrogens with zero attached hydrogens (tertiary/aromatic N) is 1. The third kappa shape index (κ3) is 8.04. The third-order valence-electron chi connectivity index (χ3n) is 12.0. The van der Waals surface area contributed by atoms with Gasteiger partial charge in [0.15, 0.2) is 11.5 Å². The molecule has 1 aliphatic carbocycles. The Kier molecular flexibility index (Phi) is 11.8. The molecule has 1 fully saturated rings. The molecule has 2 atom stereocenters. The van der Waals surface area contributed by atoms with Gasteiger partial charge >= 0.3 is 6.09 Å². The smallest absolute Gasteiger partial charge is 0.409 e. The minimum atomic E-state index is -4.20. The Hall–Kier alpha value is -5.89. The molecule has 8 rings (SSSR count). The van der Waals surface area contributed by atoms with E-state index in [1.54, 1.807) is 7.11 Å². The van der Waals surface area contributed by atoms with Crippen molar-refractivity contribution in [1.82, 2.24) is 14.9 Å². The van der Waals surface area contributed by atoms with E-state index in [-0.39, 0.29) is 60.9 Å². The summed E-state index contributed by atoms with van der Waals surface area (Å²) >= 11 is 0. The SMILES string of the molecule is COCCCCC1(CNC(=O)C2CC(NS(=O)(=O)c3ccc(O)c(OC)c3)CN(C(=O)OCC3c4ccccc4-c4ccccc43)C2)c2ccccc2Oc2ccccc21. The van der Waals surface area contributed by atoms with Gasteiger partial charge in [-0.05, 0) is 72.2 Å². The lowest BCUT2D eigenvalue weighted by Gasteiger charge is -2.41. The van der Waals surface area contributed by atoms with Gasteiger partial charge in [0.1, 0.15) is 18.1 Å². The van der Waals surface area contributed by atoms with Crippen LogP contribution in [0.15, 0.2) is 120 Å². The summed E-state index contributed by atoms with van der Waals surface area (Å²) in [5.74, 6) is -0.0796. The van der Waals surface area contributed by atoms with Crippen LogP contribution in [0.3, 0.4) is 0 Å². The van der Waals surface area contributed by atoms with Crippen molar-refractivity contribution < 1.29 is 42.1 Å². The van der Waals surface area contributed by atoms with Crippen molar-refractivity contribution in [3.63, 3.8) is 0 Å². The zero-order valence-corrected chi connectivity index (χ0v) is 34.5. The molecule has 5 aromatic rings. The predicted molar refractivity (Wildman–Crippen MR) is 226 cm³/mol. The van der Waals surface area contributed by atoms with E-state index in [2.05, 4.69) is 22.2 Å². The number of ether oxygens (including phenoxy) is 4. The molecule has 2 amide bonds. The molecule has 2 heterocycles. The first-order valence-corrected chi connectivity index (χ1v) is 21.7. The van der Waals surface area contributed by atoms with Gasteiger partial charge in [0, 0.05) is 67.9 Å². The third-order valence-corrected chi connectivity index (χ3v) is 13.5. The highest BCUT2D eigenvalue weighted by atomic mass is 32.2. The van der Waals surface area contributed by atoms with E-state index in [0.29, 0.717) is 13.0 Å². The highest BCUT2D eigenvalue weighted by Crippen LogP contribution is 2.50. The number of unbranched alkanes of at least 4 members (excludes halogenated alkanes) is 1. The number of nitrogens with one attached hydrogen (secondary N) is 2. The van der Waals surface area contributed by atoms with Crippen LogP contribution < -0.4 is 19.5 Å². The molecule has 0 bridgehead atoms. The Morgan fingerprint density at radius 2 is 1.47 bits per heavy atom. The highest BCUT2D eigenvalue weighted by molar-refractivity contribution is 7.89. The number of phenols is 1. The Morgan fingerprint density at radius 3 is 2.12 bits per heavy atom. The summed E-state index contributed by atoms with van der Waals surface area (Å²) in [5, 5.41) is 13.4. The number of amides is 2. The Morgan fingerprint density at radius 1 is 0.833 bits per heavy atom. The van der Waals surface area contributed by atoms with Crippen LogP contribution in [0.5, 0.6) is 23.0 Å². The molecule has 13 heteroatoms. The van der Waals surface area contributed by atoms with Gasteiger partial charge in [-0.3, -0.25) is 4.79 Å². The fourth-order valence-corrected chi connectivity index (χ4v) is 10.3. The Balaban J connectivity index is 1.06. The zero-order chi connectivity index (χ0) is 41.9. The molecule has 0 spiro atoms. The molecular weight excluding hydrogens is 783 g/mol. The van der Waals surface area contributed by atoms with Crippen LogP contribution >= 0.6 is 0 Å². The molecule has 5 aromatic carbocycles. The molecule has 60 heavy (non-hydrogen) atoms. The van der Waals surface area contributed by atoms with Crippen molar-refractivity contribution in [2.45, 2.75) is 48.0 Å². The van der Waals surface area contributed by atoms with Crippen LogP contribution in [-0.2, 0) is 29.7 Å². The van der Waals surface area contributed by atoms with E-state index in [0.717, 1.165) is 57.7 Å². The van der Waals surface area contributed by atoms with E-state index < -0.39 is 33.5 Å². The predicted octanol–water partition coefficient (Wildman–Crippen LogP) is 7.34. The van der Waals surface area contributed by atoms with Crippen molar-refractivity contribution >= 4 is 22.0 Å². The average Bonchev–Trinajstić information content (AvgIpc) is 3.59. The summed E-state index contributed by atoms with van der Waals surface area (Å²) in [5.41, 5.74) is 5.58. The lowest BCUT2D eigenvalue weighted by molar-refractivity contribution is -0.127. The maximum absolute atomic E-state index is 14.5. The summed E-state index contributed by atoms with van der Waals surface area (Å²) in [6.07, 6.45) is 1.81. The number of hydrogen-bond donors (Lipinski definition) is 3. The normalized spacial score (nSPS) is 17.7. The second kappa shape index (κ2) is 17.4. The quantitative estimate of drug-likeness (QED) is 0.0977. The van der Waals surface area contributed by atoms with E-state index in [1.165, 1.54) is 30.2 Å². The largest absolute Gasteiger partial charge is 0.504 e. The van der Waals surface area contributed by atoms with Gasteiger partial charge in [0.05, 0.1) is 17.9 Å². The first-order chi connectivity index (χ1) is 29.1. The number of carbonyl (C=O) groups excluding carboxylic acids is 2. The Bertz CT molecular complexity index is 2400. The topological polar surface area (TPSA) is 153 Å². The monoisotopic (exact) mass is 831 g/mol. The number of methoxy groups -OCH3 is 2. The standard InChI is InChI=1S/C47H49N3O9S/c1-56-24-12-11-23-47(39-17-7-9-19-42(39)59-43-20-10-8-18-40(43)47)30-48-45(52)31-25-32(49-60(54,55)33-21-22-41(51)44(26-33)57-2)28-50(27-31)46(53)58-29-38-36-15-5-3-13-34(36)35-14-4-6-16-37(35)38/h3-10,13-22,26,31-32,38,49,51H,11-12,23-25,27-30H2,1-2H3,(H,48,52). The number of likely N-dealkylation sites (tertiary alicyclic amines) is 1. The number of sulfonamides is 1. The van der Waals surface area contributed by atoms with E-state index >= 15 is 0 Å². The highest BCUT2D eigenvalue weighted by Gasteiger charge is 2.43. The number of aromatic hydroxyl groups is 1. The second-order valence-corrected chi connectivity index (χ2v) is 17.4. The summed E-state index contributed by atoms with van der Waals surface area (Å²) < 4.78 is 53.3. The molecule has 0 aromatic heterocycles. The van der Waals surface area contributed by atoms with Crippen LogP contribution in [0.25, 0.3) is 11.1 Å². The Labute approximate surface area is 350 Å². The van der Waals surface area contributed by atoms with Gasteiger partial charge < -0.3 is 34.3 Å². The molecule has 2 aliphatic heterocycles. The summed E-state index contributed by atoms with van der Waals surface area (Å²) in [7, 11) is -1.19. The van der Waals surface area contributed by atoms with E-state index in [9.17, 15) is 23.1 Å². The molecule has 3 N–H and O–H groups in total. The minimum absolute atomic E-state index is 0.00792. The second-order valence-electron chi connectivity index (χ2n) is 15.6. The first kappa shape index (κ1) is 40.9. The summed E-state index contributed by atoms with van der Waals surface area (Å²) in [4.78, 5) is 29.9. The van der Waals surface area contributed by atoms with Crippen molar-refractivity contribution in [2.24, 2.45) is 5.92 Å². The van der Waals surface area contributed by atoms with Crippen LogP contribution in [0.1, 0.15) is 53.9 Å². The van der Waals surface area contributed by atoms with Gasteiger partial charge in [-0.2, -0.15) is 0 Å². The number of carbonyl (C=O) groups is 2. The van der Waals surface area contributed by atoms with Gasteiger partial charge in [-0.25, -0.2) is 17.9 Å². The fraction of sp³-hybridized carbons (Fsp3) is 0.319. The maximum Gasteiger partial charge on any atom is 0.409 e. The van der Waals surface area contributed by atoms with Crippen molar-refractivity contribution in [3.05, 3.63) is 138 Å². The minimum Gasteiger partial charge on any atom is -0.504 e.